The van der Waals surface area contributed by atoms with Crippen molar-refractivity contribution in [2.45, 2.75) is 44.7 Å². The molecule has 1 aliphatic heterocycles. The van der Waals surface area contributed by atoms with E-state index in [1.165, 1.54) is 37.7 Å². The molecule has 0 atom stereocenters. The lowest BCUT2D eigenvalue weighted by atomic mass is 9.94. The number of carbonyl (C=O) groups excluding carboxylic acids is 1. The van der Waals surface area contributed by atoms with Gasteiger partial charge in [0, 0.05) is 30.9 Å². The first-order chi connectivity index (χ1) is 8.79. The van der Waals surface area contributed by atoms with Gasteiger partial charge in [0.25, 0.3) is 5.91 Å². The molecule has 0 radical (unpaired) electrons. The van der Waals surface area contributed by atoms with Gasteiger partial charge >= 0.3 is 0 Å². The van der Waals surface area contributed by atoms with Crippen LogP contribution in [0.1, 0.15) is 48.0 Å². The van der Waals surface area contributed by atoms with Crippen molar-refractivity contribution in [3.05, 3.63) is 29.3 Å². The second-order valence-corrected chi connectivity index (χ2v) is 5.35. The first-order valence-corrected chi connectivity index (χ1v) is 6.91. The Labute approximate surface area is 108 Å². The number of carbonyl (C=O) groups is 1. The van der Waals surface area contributed by atoms with Crippen molar-refractivity contribution in [2.75, 3.05) is 12.4 Å². The van der Waals surface area contributed by atoms with Crippen LogP contribution in [0.25, 0.3) is 0 Å². The van der Waals surface area contributed by atoms with Crippen molar-refractivity contribution in [1.82, 2.24) is 4.90 Å². The first-order valence-electron chi connectivity index (χ1n) is 6.91. The molecule has 1 heterocycles. The van der Waals surface area contributed by atoms with Crippen molar-refractivity contribution in [2.24, 2.45) is 0 Å². The maximum Gasteiger partial charge on any atom is 0.254 e. The Bertz CT molecular complexity index is 464. The highest BCUT2D eigenvalue weighted by Crippen LogP contribution is 2.31. The van der Waals surface area contributed by atoms with E-state index in [9.17, 15) is 4.79 Å². The molecule has 1 fully saturated rings. The Balaban J connectivity index is 1.84. The van der Waals surface area contributed by atoms with Gasteiger partial charge < -0.3 is 10.2 Å². The van der Waals surface area contributed by atoms with Crippen LogP contribution in [0.5, 0.6) is 0 Å². The molecule has 1 N–H and O–H groups in total. The van der Waals surface area contributed by atoms with Crippen LogP contribution in [0.2, 0.25) is 0 Å². The zero-order chi connectivity index (χ0) is 12.5. The van der Waals surface area contributed by atoms with Crippen LogP contribution in [0.15, 0.2) is 18.2 Å². The van der Waals surface area contributed by atoms with E-state index >= 15 is 0 Å². The Morgan fingerprint density at radius 1 is 1.22 bits per heavy atom. The monoisotopic (exact) mass is 244 g/mol. The molecule has 3 nitrogen and oxygen atoms in total. The summed E-state index contributed by atoms with van der Waals surface area (Å²) in [5.41, 5.74) is 3.10. The van der Waals surface area contributed by atoms with Gasteiger partial charge in [0.05, 0.1) is 0 Å². The smallest absolute Gasteiger partial charge is 0.254 e. The zero-order valence-corrected chi connectivity index (χ0v) is 10.9. The predicted molar refractivity (Wildman–Crippen MR) is 72.7 cm³/mol. The molecule has 1 amide bonds. The Morgan fingerprint density at radius 3 is 2.72 bits per heavy atom. The molecule has 1 aliphatic carbocycles. The van der Waals surface area contributed by atoms with Crippen molar-refractivity contribution in [1.29, 1.82) is 0 Å². The summed E-state index contributed by atoms with van der Waals surface area (Å²) < 4.78 is 0. The number of anilines is 1. The van der Waals surface area contributed by atoms with Crippen LogP contribution in [0.3, 0.4) is 0 Å². The van der Waals surface area contributed by atoms with Gasteiger partial charge in [-0.15, -0.1) is 0 Å². The minimum atomic E-state index is 0.231. The summed E-state index contributed by atoms with van der Waals surface area (Å²) in [6.07, 6.45) is 6.23. The maximum absolute atomic E-state index is 12.5. The lowest BCUT2D eigenvalue weighted by Crippen LogP contribution is -2.36. The summed E-state index contributed by atoms with van der Waals surface area (Å²) in [5, 5.41) is 3.10. The quantitative estimate of drug-likeness (QED) is 0.867. The van der Waals surface area contributed by atoms with Crippen molar-refractivity contribution < 1.29 is 4.79 Å². The highest BCUT2D eigenvalue weighted by Gasteiger charge is 2.33. The highest BCUT2D eigenvalue weighted by atomic mass is 16.2. The number of nitrogens with zero attached hydrogens (tertiary/aromatic N) is 1. The molecule has 0 bridgehead atoms. The standard InChI is InChI=1S/C15H20N2O/c1-16-12-8-7-11-10-17(15(18)14(11)9-12)13-5-3-2-4-6-13/h7-9,13,16H,2-6,10H2,1H3. The van der Waals surface area contributed by atoms with Gasteiger partial charge in [0.15, 0.2) is 0 Å². The van der Waals surface area contributed by atoms with Crippen LogP contribution in [0.4, 0.5) is 5.69 Å². The molecular weight excluding hydrogens is 224 g/mol. The fourth-order valence-corrected chi connectivity index (χ4v) is 3.17. The second kappa shape index (κ2) is 4.63. The fourth-order valence-electron chi connectivity index (χ4n) is 3.17. The molecule has 1 aromatic rings. The van der Waals surface area contributed by atoms with Crippen molar-refractivity contribution in [3.8, 4) is 0 Å². The zero-order valence-electron chi connectivity index (χ0n) is 10.9. The maximum atomic E-state index is 12.5. The van der Waals surface area contributed by atoms with Gasteiger partial charge in [-0.1, -0.05) is 25.3 Å². The van der Waals surface area contributed by atoms with E-state index < -0.39 is 0 Å². The SMILES string of the molecule is CNc1ccc2c(c1)C(=O)N(C1CCCCC1)C2. The number of nitrogens with one attached hydrogen (secondary N) is 1. The molecule has 2 aliphatic rings. The summed E-state index contributed by atoms with van der Waals surface area (Å²) in [6.45, 7) is 0.808. The molecule has 3 rings (SSSR count). The van der Waals surface area contributed by atoms with Crippen LogP contribution < -0.4 is 5.32 Å². The van der Waals surface area contributed by atoms with Crippen LogP contribution in [-0.2, 0) is 6.54 Å². The molecule has 3 heteroatoms. The number of rotatable bonds is 2. The van der Waals surface area contributed by atoms with Gasteiger partial charge in [-0.2, -0.15) is 0 Å². The summed E-state index contributed by atoms with van der Waals surface area (Å²) in [5.74, 6) is 0.231. The Morgan fingerprint density at radius 2 is 2.00 bits per heavy atom. The van der Waals surface area contributed by atoms with E-state index in [1.54, 1.807) is 0 Å². The summed E-state index contributed by atoms with van der Waals surface area (Å²) >= 11 is 0. The van der Waals surface area contributed by atoms with Crippen molar-refractivity contribution in [3.63, 3.8) is 0 Å². The molecular formula is C15H20N2O. The average molecular weight is 244 g/mol. The van der Waals surface area contributed by atoms with Gasteiger partial charge in [0.1, 0.15) is 0 Å². The molecule has 1 saturated carbocycles. The van der Waals surface area contributed by atoms with E-state index in [1.807, 2.05) is 13.1 Å². The van der Waals surface area contributed by atoms with Gasteiger partial charge in [-0.05, 0) is 30.5 Å². The van der Waals surface area contributed by atoms with E-state index in [-0.39, 0.29) is 5.91 Å². The lowest BCUT2D eigenvalue weighted by Gasteiger charge is -2.30. The molecule has 0 saturated heterocycles. The average Bonchev–Trinajstić information content (AvgIpc) is 2.77. The molecule has 18 heavy (non-hydrogen) atoms. The fraction of sp³-hybridized carbons (Fsp3) is 0.533. The van der Waals surface area contributed by atoms with E-state index in [4.69, 9.17) is 0 Å². The lowest BCUT2D eigenvalue weighted by molar-refractivity contribution is 0.0660. The molecule has 96 valence electrons. The molecule has 0 unspecified atom stereocenters. The number of amides is 1. The van der Waals surface area contributed by atoms with Gasteiger partial charge in [0.2, 0.25) is 0 Å². The second-order valence-electron chi connectivity index (χ2n) is 5.35. The van der Waals surface area contributed by atoms with E-state index in [2.05, 4.69) is 22.3 Å². The summed E-state index contributed by atoms with van der Waals surface area (Å²) in [4.78, 5) is 14.5. The number of benzene rings is 1. The van der Waals surface area contributed by atoms with E-state index in [0.29, 0.717) is 6.04 Å². The molecule has 0 spiro atoms. The third-order valence-electron chi connectivity index (χ3n) is 4.25. The highest BCUT2D eigenvalue weighted by molar-refractivity contribution is 5.99. The minimum Gasteiger partial charge on any atom is -0.388 e. The Hall–Kier alpha value is -1.51. The van der Waals surface area contributed by atoms with E-state index in [0.717, 1.165) is 17.8 Å². The normalized spacial score (nSPS) is 20.1. The third kappa shape index (κ3) is 1.88. The molecule has 1 aromatic carbocycles. The number of hydrogen-bond donors (Lipinski definition) is 1. The van der Waals surface area contributed by atoms with Crippen LogP contribution in [0, 0.1) is 0 Å². The van der Waals surface area contributed by atoms with Gasteiger partial charge in [-0.25, -0.2) is 0 Å². The number of hydrogen-bond acceptors (Lipinski definition) is 2. The first kappa shape index (κ1) is 11.6. The van der Waals surface area contributed by atoms with Crippen molar-refractivity contribution >= 4 is 11.6 Å². The third-order valence-corrected chi connectivity index (χ3v) is 4.25. The number of fused-ring (bicyclic) bond motifs is 1. The summed E-state index contributed by atoms with van der Waals surface area (Å²) in [7, 11) is 1.89. The largest absolute Gasteiger partial charge is 0.388 e. The Kier molecular flexibility index (Phi) is 2.98. The summed E-state index contributed by atoms with van der Waals surface area (Å²) in [6, 6.07) is 6.59. The topological polar surface area (TPSA) is 32.3 Å². The molecule has 0 aromatic heterocycles. The van der Waals surface area contributed by atoms with Crippen LogP contribution >= 0.6 is 0 Å². The minimum absolute atomic E-state index is 0.231. The van der Waals surface area contributed by atoms with Gasteiger partial charge in [-0.3, -0.25) is 4.79 Å². The predicted octanol–water partition coefficient (Wildman–Crippen LogP) is 3.02. The van der Waals surface area contributed by atoms with Crippen LogP contribution in [-0.4, -0.2) is 23.9 Å².